The molecule has 0 aromatic heterocycles. The number of phenols is 1. The SMILES string of the molecule is C=C/C=C(\OC)c1ccc(CC)cc1O. The minimum atomic E-state index is 0.240. The molecule has 1 rings (SSSR count). The van der Waals surface area contributed by atoms with Crippen LogP contribution < -0.4 is 0 Å². The van der Waals surface area contributed by atoms with Crippen molar-refractivity contribution in [1.82, 2.24) is 0 Å². The lowest BCUT2D eigenvalue weighted by atomic mass is 10.1. The third-order valence-corrected chi connectivity index (χ3v) is 2.22. The Labute approximate surface area is 90.5 Å². The van der Waals surface area contributed by atoms with Gasteiger partial charge in [0.1, 0.15) is 11.5 Å². The molecular formula is C13H16O2. The van der Waals surface area contributed by atoms with E-state index in [1.54, 1.807) is 25.3 Å². The van der Waals surface area contributed by atoms with E-state index >= 15 is 0 Å². The first-order chi connectivity index (χ1) is 7.22. The summed E-state index contributed by atoms with van der Waals surface area (Å²) in [5.74, 6) is 0.856. The smallest absolute Gasteiger partial charge is 0.129 e. The normalized spacial score (nSPS) is 11.2. The van der Waals surface area contributed by atoms with Gasteiger partial charge in [-0.25, -0.2) is 0 Å². The van der Waals surface area contributed by atoms with Crippen LogP contribution in [0, 0.1) is 0 Å². The highest BCUT2D eigenvalue weighted by Gasteiger charge is 2.06. The number of aromatic hydroxyl groups is 1. The van der Waals surface area contributed by atoms with Crippen LogP contribution in [0.3, 0.4) is 0 Å². The molecule has 0 aliphatic rings. The predicted octanol–water partition coefficient (Wildman–Crippen LogP) is 3.13. The third kappa shape index (κ3) is 2.62. The quantitative estimate of drug-likeness (QED) is 0.603. The van der Waals surface area contributed by atoms with Gasteiger partial charge in [0, 0.05) is 0 Å². The van der Waals surface area contributed by atoms with Gasteiger partial charge in [0.2, 0.25) is 0 Å². The topological polar surface area (TPSA) is 29.5 Å². The summed E-state index contributed by atoms with van der Waals surface area (Å²) in [4.78, 5) is 0. The Kier molecular flexibility index (Phi) is 3.98. The van der Waals surface area contributed by atoms with Gasteiger partial charge >= 0.3 is 0 Å². The number of hydrogen-bond acceptors (Lipinski definition) is 2. The second-order valence-corrected chi connectivity index (χ2v) is 3.18. The lowest BCUT2D eigenvalue weighted by Gasteiger charge is -2.09. The first kappa shape index (κ1) is 11.4. The molecule has 0 amide bonds. The first-order valence-corrected chi connectivity index (χ1v) is 4.91. The van der Waals surface area contributed by atoms with Gasteiger partial charge in [0.25, 0.3) is 0 Å². The van der Waals surface area contributed by atoms with Crippen LogP contribution in [0.4, 0.5) is 0 Å². The molecule has 0 bridgehead atoms. The van der Waals surface area contributed by atoms with Crippen molar-refractivity contribution >= 4 is 5.76 Å². The zero-order valence-corrected chi connectivity index (χ0v) is 9.16. The molecule has 0 heterocycles. The summed E-state index contributed by atoms with van der Waals surface area (Å²) in [5, 5.41) is 9.80. The summed E-state index contributed by atoms with van der Waals surface area (Å²) in [6, 6.07) is 5.59. The third-order valence-electron chi connectivity index (χ3n) is 2.22. The molecular weight excluding hydrogens is 188 g/mol. The van der Waals surface area contributed by atoms with Gasteiger partial charge in [-0.3, -0.25) is 0 Å². The van der Waals surface area contributed by atoms with Crippen LogP contribution in [0.15, 0.2) is 36.9 Å². The zero-order valence-electron chi connectivity index (χ0n) is 9.16. The van der Waals surface area contributed by atoms with Crippen molar-refractivity contribution in [3.8, 4) is 5.75 Å². The van der Waals surface area contributed by atoms with E-state index in [0.717, 1.165) is 12.0 Å². The Hall–Kier alpha value is -1.70. The average molecular weight is 204 g/mol. The number of hydrogen-bond donors (Lipinski definition) is 1. The fraction of sp³-hybridized carbons (Fsp3) is 0.231. The Morgan fingerprint density at radius 1 is 1.53 bits per heavy atom. The van der Waals surface area contributed by atoms with Crippen molar-refractivity contribution in [1.29, 1.82) is 0 Å². The Morgan fingerprint density at radius 3 is 2.73 bits per heavy atom. The summed E-state index contributed by atoms with van der Waals surface area (Å²) in [5.41, 5.74) is 1.79. The minimum Gasteiger partial charge on any atom is -0.507 e. The first-order valence-electron chi connectivity index (χ1n) is 4.91. The van der Waals surface area contributed by atoms with Crippen LogP contribution in [-0.2, 0) is 11.2 Å². The van der Waals surface area contributed by atoms with Crippen LogP contribution in [0.2, 0.25) is 0 Å². The van der Waals surface area contributed by atoms with Crippen LogP contribution >= 0.6 is 0 Å². The number of aryl methyl sites for hydroxylation is 1. The van der Waals surface area contributed by atoms with Crippen LogP contribution in [0.5, 0.6) is 5.75 Å². The fourth-order valence-electron chi connectivity index (χ4n) is 1.38. The molecule has 0 spiro atoms. The highest BCUT2D eigenvalue weighted by Crippen LogP contribution is 2.26. The highest BCUT2D eigenvalue weighted by molar-refractivity contribution is 5.67. The van der Waals surface area contributed by atoms with Crippen molar-refractivity contribution in [3.05, 3.63) is 48.1 Å². The highest BCUT2D eigenvalue weighted by atomic mass is 16.5. The molecule has 15 heavy (non-hydrogen) atoms. The van der Waals surface area contributed by atoms with Crippen LogP contribution in [0.1, 0.15) is 18.1 Å². The molecule has 0 atom stereocenters. The minimum absolute atomic E-state index is 0.240. The largest absolute Gasteiger partial charge is 0.507 e. The molecule has 0 radical (unpaired) electrons. The second kappa shape index (κ2) is 5.25. The van der Waals surface area contributed by atoms with E-state index in [9.17, 15) is 5.11 Å². The summed E-state index contributed by atoms with van der Waals surface area (Å²) in [6.07, 6.45) is 4.26. The Balaban J connectivity index is 3.14. The number of ether oxygens (including phenoxy) is 1. The van der Waals surface area contributed by atoms with Gasteiger partial charge in [-0.15, -0.1) is 0 Å². The maximum Gasteiger partial charge on any atom is 0.129 e. The summed E-state index contributed by atoms with van der Waals surface area (Å²) < 4.78 is 5.16. The van der Waals surface area contributed by atoms with Gasteiger partial charge in [-0.1, -0.05) is 25.6 Å². The maximum atomic E-state index is 9.80. The lowest BCUT2D eigenvalue weighted by Crippen LogP contribution is -1.89. The van der Waals surface area contributed by atoms with Crippen molar-refractivity contribution in [2.45, 2.75) is 13.3 Å². The number of allylic oxidation sites excluding steroid dienone is 2. The Morgan fingerprint density at radius 2 is 2.27 bits per heavy atom. The number of rotatable bonds is 4. The molecule has 1 aromatic rings. The zero-order chi connectivity index (χ0) is 11.3. The van der Waals surface area contributed by atoms with Crippen molar-refractivity contribution in [3.63, 3.8) is 0 Å². The number of phenolic OH excluding ortho intramolecular Hbond substituents is 1. The van der Waals surface area contributed by atoms with E-state index in [0.29, 0.717) is 11.3 Å². The van der Waals surface area contributed by atoms with Crippen LogP contribution in [-0.4, -0.2) is 12.2 Å². The van der Waals surface area contributed by atoms with E-state index in [1.165, 1.54) is 0 Å². The molecule has 80 valence electrons. The molecule has 0 fully saturated rings. The molecule has 2 nitrogen and oxygen atoms in total. The van der Waals surface area contributed by atoms with Gasteiger partial charge in [0.15, 0.2) is 0 Å². The summed E-state index contributed by atoms with van der Waals surface area (Å²) >= 11 is 0. The molecule has 0 aliphatic heterocycles. The predicted molar refractivity (Wildman–Crippen MR) is 62.7 cm³/mol. The van der Waals surface area contributed by atoms with E-state index in [4.69, 9.17) is 4.74 Å². The van der Waals surface area contributed by atoms with E-state index in [2.05, 4.69) is 6.58 Å². The molecule has 1 aromatic carbocycles. The number of benzene rings is 1. The van der Waals surface area contributed by atoms with E-state index in [-0.39, 0.29) is 5.75 Å². The van der Waals surface area contributed by atoms with Gasteiger partial charge in [-0.2, -0.15) is 0 Å². The molecule has 1 N–H and O–H groups in total. The number of methoxy groups -OCH3 is 1. The monoisotopic (exact) mass is 204 g/mol. The van der Waals surface area contributed by atoms with Gasteiger partial charge < -0.3 is 9.84 Å². The molecule has 2 heteroatoms. The lowest BCUT2D eigenvalue weighted by molar-refractivity contribution is 0.366. The van der Waals surface area contributed by atoms with Crippen molar-refractivity contribution in [2.75, 3.05) is 7.11 Å². The standard InChI is InChI=1S/C13H16O2/c1-4-6-13(15-3)11-8-7-10(5-2)9-12(11)14/h4,6-9,14H,1,5H2,2-3H3/b13-6-. The van der Waals surface area contributed by atoms with Crippen molar-refractivity contribution in [2.24, 2.45) is 0 Å². The molecule has 0 saturated heterocycles. The molecule has 0 saturated carbocycles. The average Bonchev–Trinajstić information content (AvgIpc) is 2.26. The fourth-order valence-corrected chi connectivity index (χ4v) is 1.38. The maximum absolute atomic E-state index is 9.80. The molecule has 0 unspecified atom stereocenters. The second-order valence-electron chi connectivity index (χ2n) is 3.18. The van der Waals surface area contributed by atoms with Crippen molar-refractivity contribution < 1.29 is 9.84 Å². The van der Waals surface area contributed by atoms with E-state index < -0.39 is 0 Å². The summed E-state index contributed by atoms with van der Waals surface area (Å²) in [7, 11) is 1.57. The van der Waals surface area contributed by atoms with Gasteiger partial charge in [0.05, 0.1) is 12.7 Å². The summed E-state index contributed by atoms with van der Waals surface area (Å²) in [6.45, 7) is 5.65. The van der Waals surface area contributed by atoms with Gasteiger partial charge in [-0.05, 0) is 30.2 Å². The molecule has 0 aliphatic carbocycles. The Bertz CT molecular complexity index is 378. The van der Waals surface area contributed by atoms with E-state index in [1.807, 2.05) is 19.1 Å². The van der Waals surface area contributed by atoms with Crippen LogP contribution in [0.25, 0.3) is 5.76 Å².